The predicted molar refractivity (Wildman–Crippen MR) is 30.1 cm³/mol. The lowest BCUT2D eigenvalue weighted by molar-refractivity contribution is -0.0906. The molecule has 0 atom stereocenters. The van der Waals surface area contributed by atoms with Gasteiger partial charge in [-0.15, -0.1) is 0 Å². The molecule has 0 saturated heterocycles. The first kappa shape index (κ1) is 9.20. The highest BCUT2D eigenvalue weighted by Gasteiger charge is 2.34. The fourth-order valence-corrected chi connectivity index (χ4v) is 0.310. The third kappa shape index (κ3) is 2.21. The Labute approximate surface area is 55.8 Å². The predicted octanol–water partition coefficient (Wildman–Crippen LogP) is 2.98. The van der Waals surface area contributed by atoms with Gasteiger partial charge >= 0.3 is 6.18 Å². The van der Waals surface area contributed by atoms with E-state index in [-0.39, 0.29) is 0 Å². The fourth-order valence-electron chi connectivity index (χ4n) is 0.310. The van der Waals surface area contributed by atoms with E-state index in [4.69, 9.17) is 0 Å². The molecule has 0 bridgehead atoms. The van der Waals surface area contributed by atoms with Gasteiger partial charge < -0.3 is 0 Å². The molecule has 0 aliphatic rings. The molecule has 0 unspecified atom stereocenters. The highest BCUT2D eigenvalue weighted by Crippen LogP contribution is 2.29. The Morgan fingerprint density at radius 2 is 1.80 bits per heavy atom. The van der Waals surface area contributed by atoms with Crippen molar-refractivity contribution in [3.63, 3.8) is 0 Å². The molecule has 0 N–H and O–H groups in total. The molecule has 0 saturated carbocycles. The lowest BCUT2D eigenvalue weighted by Gasteiger charge is -2.06. The number of hydrogen-bond donors (Lipinski definition) is 0. The normalized spacial score (nSPS) is 13.5. The summed E-state index contributed by atoms with van der Waals surface area (Å²) in [6, 6.07) is 0. The van der Waals surface area contributed by atoms with Gasteiger partial charge in [-0.2, -0.15) is 13.2 Å². The monoisotopic (exact) mass is 154 g/mol. The van der Waals surface area contributed by atoms with Crippen molar-refractivity contribution in [1.82, 2.24) is 0 Å². The van der Waals surface area contributed by atoms with Crippen LogP contribution in [0.4, 0.5) is 17.6 Å². The molecule has 0 aromatic carbocycles. The third-order valence-electron chi connectivity index (χ3n) is 0.884. The molecule has 0 nitrogen and oxygen atoms in total. The average molecular weight is 154 g/mol. The molecular formula is C6H6F4. The van der Waals surface area contributed by atoms with Crippen LogP contribution in [0.5, 0.6) is 0 Å². The number of halogens is 4. The van der Waals surface area contributed by atoms with Crippen LogP contribution in [0.2, 0.25) is 0 Å². The number of rotatable bonds is 1. The summed E-state index contributed by atoms with van der Waals surface area (Å²) in [5, 5.41) is 0. The minimum atomic E-state index is -4.66. The Balaban J connectivity index is 4.39. The van der Waals surface area contributed by atoms with Gasteiger partial charge in [0.1, 0.15) is 5.83 Å². The van der Waals surface area contributed by atoms with Crippen LogP contribution < -0.4 is 0 Å². The van der Waals surface area contributed by atoms with Crippen LogP contribution in [0.15, 0.2) is 24.1 Å². The van der Waals surface area contributed by atoms with Crippen LogP contribution in [0, 0.1) is 0 Å². The Hall–Kier alpha value is -0.800. The van der Waals surface area contributed by atoms with Gasteiger partial charge in [-0.25, -0.2) is 4.39 Å². The van der Waals surface area contributed by atoms with Crippen molar-refractivity contribution in [3.05, 3.63) is 24.1 Å². The highest BCUT2D eigenvalue weighted by atomic mass is 19.4. The van der Waals surface area contributed by atoms with E-state index in [0.29, 0.717) is 0 Å². The molecule has 0 radical (unpaired) electrons. The first-order valence-corrected chi connectivity index (χ1v) is 2.48. The summed E-state index contributed by atoms with van der Waals surface area (Å²) >= 11 is 0. The smallest absolute Gasteiger partial charge is 0.207 e. The van der Waals surface area contributed by atoms with E-state index in [1.807, 2.05) is 0 Å². The van der Waals surface area contributed by atoms with Crippen LogP contribution in [0.25, 0.3) is 0 Å². The van der Waals surface area contributed by atoms with Crippen LogP contribution in [-0.2, 0) is 0 Å². The topological polar surface area (TPSA) is 0 Å². The van der Waals surface area contributed by atoms with Gasteiger partial charge in [-0.05, 0) is 6.92 Å². The van der Waals surface area contributed by atoms with E-state index >= 15 is 0 Å². The Kier molecular flexibility index (Phi) is 2.63. The molecule has 0 aliphatic carbocycles. The van der Waals surface area contributed by atoms with Crippen molar-refractivity contribution in [3.8, 4) is 0 Å². The van der Waals surface area contributed by atoms with Gasteiger partial charge in [0.05, 0.1) is 5.57 Å². The SMILES string of the molecule is C=C(/C(F)=C\C)C(F)(F)F. The van der Waals surface area contributed by atoms with Crippen molar-refractivity contribution in [1.29, 1.82) is 0 Å². The first-order valence-electron chi connectivity index (χ1n) is 2.48. The Morgan fingerprint density at radius 3 is 1.90 bits per heavy atom. The Bertz CT molecular complexity index is 163. The summed E-state index contributed by atoms with van der Waals surface area (Å²) in [6.07, 6.45) is -3.94. The van der Waals surface area contributed by atoms with Crippen molar-refractivity contribution in [2.45, 2.75) is 13.1 Å². The molecule has 58 valence electrons. The summed E-state index contributed by atoms with van der Waals surface area (Å²) < 4.78 is 46.6. The highest BCUT2D eigenvalue weighted by molar-refractivity contribution is 5.25. The Morgan fingerprint density at radius 1 is 1.40 bits per heavy atom. The van der Waals surface area contributed by atoms with Crippen molar-refractivity contribution in [2.24, 2.45) is 0 Å². The van der Waals surface area contributed by atoms with Crippen molar-refractivity contribution >= 4 is 0 Å². The van der Waals surface area contributed by atoms with Crippen molar-refractivity contribution < 1.29 is 17.6 Å². The number of allylic oxidation sites excluding steroid dienone is 3. The summed E-state index contributed by atoms with van der Waals surface area (Å²) in [6.45, 7) is 3.70. The molecule has 0 fully saturated rings. The van der Waals surface area contributed by atoms with E-state index in [1.54, 1.807) is 0 Å². The largest absolute Gasteiger partial charge is 0.418 e. The molecule has 0 aromatic rings. The van der Waals surface area contributed by atoms with E-state index in [9.17, 15) is 17.6 Å². The van der Waals surface area contributed by atoms with Crippen LogP contribution in [0.3, 0.4) is 0 Å². The van der Waals surface area contributed by atoms with E-state index in [2.05, 4.69) is 6.58 Å². The molecule has 0 aliphatic heterocycles. The molecule has 4 heteroatoms. The average Bonchev–Trinajstić information content (AvgIpc) is 1.83. The summed E-state index contributed by atoms with van der Waals surface area (Å²) in [7, 11) is 0. The minimum absolute atomic E-state index is 0.718. The molecule has 0 amide bonds. The van der Waals surface area contributed by atoms with E-state index in [1.165, 1.54) is 6.92 Å². The molecule has 0 heterocycles. The molecule has 0 spiro atoms. The van der Waals surface area contributed by atoms with Crippen molar-refractivity contribution in [2.75, 3.05) is 0 Å². The molecular weight excluding hydrogens is 148 g/mol. The van der Waals surface area contributed by atoms with Gasteiger partial charge in [-0.1, -0.05) is 12.7 Å². The summed E-state index contributed by atoms with van der Waals surface area (Å²) in [4.78, 5) is 0. The van der Waals surface area contributed by atoms with E-state index < -0.39 is 17.6 Å². The molecule has 0 aromatic heterocycles. The first-order chi connectivity index (χ1) is 4.39. The van der Waals surface area contributed by atoms with Gasteiger partial charge in [0, 0.05) is 0 Å². The van der Waals surface area contributed by atoms with Crippen LogP contribution in [-0.4, -0.2) is 6.18 Å². The van der Waals surface area contributed by atoms with Gasteiger partial charge in [0.15, 0.2) is 0 Å². The quantitative estimate of drug-likeness (QED) is 0.402. The second kappa shape index (κ2) is 2.86. The fraction of sp³-hybridized carbons (Fsp3) is 0.333. The second-order valence-corrected chi connectivity index (χ2v) is 1.61. The van der Waals surface area contributed by atoms with Gasteiger partial charge in [0.25, 0.3) is 0 Å². The maximum absolute atomic E-state index is 12.1. The number of alkyl halides is 3. The van der Waals surface area contributed by atoms with Crippen LogP contribution >= 0.6 is 0 Å². The third-order valence-corrected chi connectivity index (χ3v) is 0.884. The standard InChI is InChI=1S/C6H6F4/c1-3-5(7)4(2)6(8,9)10/h3H,2H2,1H3/b5-3+. The molecule has 0 rings (SSSR count). The maximum Gasteiger partial charge on any atom is 0.418 e. The lowest BCUT2D eigenvalue weighted by atomic mass is 10.2. The lowest BCUT2D eigenvalue weighted by Crippen LogP contribution is -2.10. The van der Waals surface area contributed by atoms with E-state index in [0.717, 1.165) is 6.08 Å². The van der Waals surface area contributed by atoms with Gasteiger partial charge in [-0.3, -0.25) is 0 Å². The summed E-state index contributed by atoms with van der Waals surface area (Å²) in [5.74, 6) is -1.33. The van der Waals surface area contributed by atoms with Crippen LogP contribution in [0.1, 0.15) is 6.92 Å². The zero-order chi connectivity index (χ0) is 8.36. The maximum atomic E-state index is 12.1. The summed E-state index contributed by atoms with van der Waals surface area (Å²) in [5.41, 5.74) is -1.44. The minimum Gasteiger partial charge on any atom is -0.207 e. The zero-order valence-corrected chi connectivity index (χ0v) is 5.30. The zero-order valence-electron chi connectivity index (χ0n) is 5.30. The number of hydrogen-bond acceptors (Lipinski definition) is 0. The second-order valence-electron chi connectivity index (χ2n) is 1.61. The molecule has 10 heavy (non-hydrogen) atoms. The van der Waals surface area contributed by atoms with Gasteiger partial charge in [0.2, 0.25) is 0 Å².